The molecule has 116 valence electrons. The third kappa shape index (κ3) is 5.51. The molecule has 1 rings (SSSR count). The number of rotatable bonds is 6. The lowest BCUT2D eigenvalue weighted by Gasteiger charge is -2.28. The molecule has 0 aromatic heterocycles. The Kier molecular flexibility index (Phi) is 7.03. The Hall–Kier alpha value is -1.06. The van der Waals surface area contributed by atoms with Crippen LogP contribution in [-0.4, -0.2) is 25.2 Å². The molecule has 4 heteroatoms. The lowest BCUT2D eigenvalue weighted by atomic mass is 9.79. The monoisotopic (exact) mass is 284 g/mol. The second kappa shape index (κ2) is 8.28. The number of hydrogen-bond acceptors (Lipinski definition) is 4. The summed E-state index contributed by atoms with van der Waals surface area (Å²) in [5, 5.41) is 0. The minimum atomic E-state index is -0.317. The second-order valence-corrected chi connectivity index (χ2v) is 6.55. The molecule has 1 aliphatic carbocycles. The van der Waals surface area contributed by atoms with Gasteiger partial charge in [-0.3, -0.25) is 9.59 Å². The van der Waals surface area contributed by atoms with Crippen molar-refractivity contribution >= 4 is 11.9 Å². The van der Waals surface area contributed by atoms with E-state index in [9.17, 15) is 9.59 Å². The summed E-state index contributed by atoms with van der Waals surface area (Å²) in [7, 11) is 0. The van der Waals surface area contributed by atoms with E-state index in [1.807, 2.05) is 27.7 Å². The van der Waals surface area contributed by atoms with Crippen LogP contribution in [0.2, 0.25) is 0 Å². The molecule has 4 nitrogen and oxygen atoms in total. The second-order valence-electron chi connectivity index (χ2n) is 6.55. The number of hydrogen-bond donors (Lipinski definition) is 0. The summed E-state index contributed by atoms with van der Waals surface area (Å²) in [6, 6.07) is 0. The van der Waals surface area contributed by atoms with Crippen LogP contribution >= 0.6 is 0 Å². The largest absolute Gasteiger partial charge is 0.465 e. The fourth-order valence-corrected chi connectivity index (χ4v) is 2.41. The number of carbonyl (C=O) groups excluding carboxylic acids is 2. The fourth-order valence-electron chi connectivity index (χ4n) is 2.41. The first-order valence-electron chi connectivity index (χ1n) is 7.75. The molecule has 0 N–H and O–H groups in total. The first-order chi connectivity index (χ1) is 9.41. The van der Waals surface area contributed by atoms with Crippen molar-refractivity contribution in [2.24, 2.45) is 23.7 Å². The summed E-state index contributed by atoms with van der Waals surface area (Å²) >= 11 is 0. The van der Waals surface area contributed by atoms with Gasteiger partial charge >= 0.3 is 11.9 Å². The summed E-state index contributed by atoms with van der Waals surface area (Å²) in [4.78, 5) is 24.3. The van der Waals surface area contributed by atoms with Gasteiger partial charge < -0.3 is 9.47 Å². The molecule has 0 radical (unpaired) electrons. The van der Waals surface area contributed by atoms with Crippen molar-refractivity contribution in [2.75, 3.05) is 13.2 Å². The Morgan fingerprint density at radius 1 is 0.850 bits per heavy atom. The van der Waals surface area contributed by atoms with Crippen molar-refractivity contribution in [1.29, 1.82) is 0 Å². The molecule has 0 heterocycles. The van der Waals surface area contributed by atoms with Crippen LogP contribution in [0, 0.1) is 23.7 Å². The van der Waals surface area contributed by atoms with Crippen LogP contribution in [0.3, 0.4) is 0 Å². The Morgan fingerprint density at radius 3 is 1.50 bits per heavy atom. The van der Waals surface area contributed by atoms with Gasteiger partial charge in [0.15, 0.2) is 0 Å². The van der Waals surface area contributed by atoms with Gasteiger partial charge in [-0.2, -0.15) is 0 Å². The van der Waals surface area contributed by atoms with Gasteiger partial charge in [-0.25, -0.2) is 0 Å². The Bertz CT molecular complexity index is 290. The van der Waals surface area contributed by atoms with Crippen molar-refractivity contribution in [3.63, 3.8) is 0 Å². The van der Waals surface area contributed by atoms with Gasteiger partial charge in [-0.15, -0.1) is 0 Å². The van der Waals surface area contributed by atoms with E-state index < -0.39 is 0 Å². The highest BCUT2D eigenvalue weighted by Crippen LogP contribution is 2.32. The van der Waals surface area contributed by atoms with Crippen LogP contribution in [0.25, 0.3) is 0 Å². The maximum atomic E-state index is 12.1. The quantitative estimate of drug-likeness (QED) is 0.703. The lowest BCUT2D eigenvalue weighted by molar-refractivity contribution is -0.164. The average Bonchev–Trinajstić information content (AvgIpc) is 2.42. The summed E-state index contributed by atoms with van der Waals surface area (Å²) in [6.45, 7) is 8.85. The van der Waals surface area contributed by atoms with E-state index >= 15 is 0 Å². The first-order valence-corrected chi connectivity index (χ1v) is 7.75. The zero-order chi connectivity index (χ0) is 15.1. The highest BCUT2D eigenvalue weighted by atomic mass is 16.5. The topological polar surface area (TPSA) is 52.6 Å². The number of carbonyl (C=O) groups is 2. The van der Waals surface area contributed by atoms with Gasteiger partial charge in [-0.1, -0.05) is 40.5 Å². The summed E-state index contributed by atoms with van der Waals surface area (Å²) in [6.07, 6.45) is 3.43. The number of ether oxygens (including phenoxy) is 2. The van der Waals surface area contributed by atoms with Gasteiger partial charge in [0.2, 0.25) is 0 Å². The molecule has 1 fully saturated rings. The SMILES string of the molecule is CC(C)COC(=O)[C@@H]1CCCC[C@H]1C(=O)OCC(C)C. The zero-order valence-corrected chi connectivity index (χ0v) is 13.2. The average molecular weight is 284 g/mol. The third-order valence-corrected chi connectivity index (χ3v) is 3.49. The van der Waals surface area contributed by atoms with Gasteiger partial charge in [0.25, 0.3) is 0 Å². The predicted octanol–water partition coefficient (Wildman–Crippen LogP) is 3.19. The summed E-state index contributed by atoms with van der Waals surface area (Å²) in [5.41, 5.74) is 0. The maximum absolute atomic E-state index is 12.1. The van der Waals surface area contributed by atoms with Crippen molar-refractivity contribution in [3.8, 4) is 0 Å². The normalized spacial score (nSPS) is 22.9. The molecular weight excluding hydrogens is 256 g/mol. The third-order valence-electron chi connectivity index (χ3n) is 3.49. The molecule has 1 saturated carbocycles. The molecule has 0 unspecified atom stereocenters. The van der Waals surface area contributed by atoms with Crippen molar-refractivity contribution in [1.82, 2.24) is 0 Å². The highest BCUT2D eigenvalue weighted by molar-refractivity contribution is 5.82. The molecule has 0 amide bonds. The van der Waals surface area contributed by atoms with E-state index in [2.05, 4.69) is 0 Å². The van der Waals surface area contributed by atoms with Crippen LogP contribution < -0.4 is 0 Å². The molecule has 0 saturated heterocycles. The van der Waals surface area contributed by atoms with E-state index in [1.165, 1.54) is 0 Å². The smallest absolute Gasteiger partial charge is 0.309 e. The molecule has 20 heavy (non-hydrogen) atoms. The fraction of sp³-hybridized carbons (Fsp3) is 0.875. The molecule has 0 bridgehead atoms. The van der Waals surface area contributed by atoms with Crippen molar-refractivity contribution in [2.45, 2.75) is 53.4 Å². The molecule has 0 aromatic rings. The van der Waals surface area contributed by atoms with E-state index in [0.717, 1.165) is 25.7 Å². The molecule has 0 spiro atoms. The van der Waals surface area contributed by atoms with Crippen LogP contribution in [0.4, 0.5) is 0 Å². The minimum absolute atomic E-state index is 0.232. The Labute approximate surface area is 122 Å². The van der Waals surface area contributed by atoms with Crippen molar-refractivity contribution < 1.29 is 19.1 Å². The van der Waals surface area contributed by atoms with Gasteiger partial charge in [0, 0.05) is 0 Å². The lowest BCUT2D eigenvalue weighted by Crippen LogP contribution is -2.35. The van der Waals surface area contributed by atoms with E-state index in [0.29, 0.717) is 25.0 Å². The van der Waals surface area contributed by atoms with Crippen LogP contribution in [0.5, 0.6) is 0 Å². The highest BCUT2D eigenvalue weighted by Gasteiger charge is 2.37. The molecule has 2 atom stereocenters. The van der Waals surface area contributed by atoms with Gasteiger partial charge in [0.05, 0.1) is 25.0 Å². The van der Waals surface area contributed by atoms with E-state index in [-0.39, 0.29) is 23.8 Å². The van der Waals surface area contributed by atoms with Gasteiger partial charge in [-0.05, 0) is 24.7 Å². The number of esters is 2. The molecular formula is C16H28O4. The van der Waals surface area contributed by atoms with Crippen LogP contribution in [-0.2, 0) is 19.1 Å². The van der Waals surface area contributed by atoms with Crippen LogP contribution in [0.1, 0.15) is 53.4 Å². The summed E-state index contributed by atoms with van der Waals surface area (Å²) < 4.78 is 10.6. The zero-order valence-electron chi connectivity index (χ0n) is 13.2. The molecule has 1 aliphatic rings. The first kappa shape index (κ1) is 17.0. The predicted molar refractivity (Wildman–Crippen MR) is 77.0 cm³/mol. The molecule has 0 aromatic carbocycles. The van der Waals surface area contributed by atoms with Gasteiger partial charge in [0.1, 0.15) is 0 Å². The Morgan fingerprint density at radius 2 is 1.20 bits per heavy atom. The summed E-state index contributed by atoms with van der Waals surface area (Å²) in [5.74, 6) is -0.470. The van der Waals surface area contributed by atoms with Crippen molar-refractivity contribution in [3.05, 3.63) is 0 Å². The Balaban J connectivity index is 2.56. The minimum Gasteiger partial charge on any atom is -0.465 e. The maximum Gasteiger partial charge on any atom is 0.309 e. The van der Waals surface area contributed by atoms with E-state index in [1.54, 1.807) is 0 Å². The van der Waals surface area contributed by atoms with Crippen LogP contribution in [0.15, 0.2) is 0 Å². The van der Waals surface area contributed by atoms with E-state index in [4.69, 9.17) is 9.47 Å². The standard InChI is InChI=1S/C16H28O4/c1-11(2)9-19-15(17)13-7-5-6-8-14(13)16(18)20-10-12(3)4/h11-14H,5-10H2,1-4H3/t13-,14-/m1/s1. The molecule has 0 aliphatic heterocycles.